The number of para-hydroxylation sites is 2. The Morgan fingerprint density at radius 2 is 1.00 bits per heavy atom. The summed E-state index contributed by atoms with van der Waals surface area (Å²) in [6.07, 6.45) is 0. The fourth-order valence-electron chi connectivity index (χ4n) is 8.31. The van der Waals surface area contributed by atoms with Crippen LogP contribution < -0.4 is 0 Å². The minimum atomic E-state index is -0.512. The van der Waals surface area contributed by atoms with Crippen LogP contribution in [0, 0.1) is 0 Å². The Labute approximate surface area is 361 Å². The third-order valence-corrected chi connectivity index (χ3v) is 12.3. The van der Waals surface area contributed by atoms with Crippen LogP contribution in [-0.2, 0) is 0 Å². The first kappa shape index (κ1) is 27.0. The van der Waals surface area contributed by atoms with Gasteiger partial charge in [-0.2, -0.15) is 0 Å². The van der Waals surface area contributed by atoms with Crippen molar-refractivity contribution in [2.24, 2.45) is 0 Å². The second-order valence-electron chi connectivity index (χ2n) is 14.6. The van der Waals surface area contributed by atoms with Crippen LogP contribution in [0.1, 0.15) is 11.0 Å². The van der Waals surface area contributed by atoms with Crippen molar-refractivity contribution in [3.8, 4) is 62.1 Å². The highest BCUT2D eigenvalue weighted by Gasteiger charge is 2.21. The third kappa shape index (κ3) is 5.63. The molecule has 4 nitrogen and oxygen atoms in total. The molecule has 0 saturated heterocycles. The van der Waals surface area contributed by atoms with Crippen LogP contribution in [0.25, 0.3) is 115 Å². The Bertz CT molecular complexity index is 3980. The molecule has 3 aromatic heterocycles. The maximum atomic E-state index is 9.30. The summed E-state index contributed by atoms with van der Waals surface area (Å²) in [5, 5.41) is 4.86. The number of nitrogens with zero attached hydrogens (tertiary/aromatic N) is 4. The van der Waals surface area contributed by atoms with Crippen molar-refractivity contribution >= 4 is 64.1 Å². The molecule has 0 aliphatic rings. The number of fused-ring (bicyclic) bond motifs is 8. The van der Waals surface area contributed by atoms with Gasteiger partial charge in [-0.3, -0.25) is 0 Å². The molecule has 9 aromatic carbocycles. The first-order valence-corrected chi connectivity index (χ1v) is 20.4. The van der Waals surface area contributed by atoms with E-state index in [1.165, 1.54) is 35.5 Å². The lowest BCUT2D eigenvalue weighted by molar-refractivity contribution is 1.06. The van der Waals surface area contributed by atoms with Crippen LogP contribution in [0.4, 0.5) is 0 Å². The van der Waals surface area contributed by atoms with Gasteiger partial charge in [-0.05, 0) is 63.3 Å². The van der Waals surface area contributed by atoms with E-state index in [-0.39, 0.29) is 27.6 Å². The van der Waals surface area contributed by atoms with Crippen molar-refractivity contribution < 1.29 is 11.0 Å². The Kier molecular flexibility index (Phi) is 6.30. The number of aromatic nitrogens is 4. The summed E-state index contributed by atoms with van der Waals surface area (Å²) in [6.45, 7) is 0. The smallest absolute Gasteiger partial charge is 0.166 e. The third-order valence-electron chi connectivity index (χ3n) is 11.1. The molecule has 280 valence electrons. The predicted molar refractivity (Wildman–Crippen MR) is 252 cm³/mol. The minimum absolute atomic E-state index is 0.000503. The summed E-state index contributed by atoms with van der Waals surface area (Å²) in [5.41, 5.74) is 5.99. The van der Waals surface area contributed by atoms with Crippen LogP contribution in [0.5, 0.6) is 0 Å². The lowest BCUT2D eigenvalue weighted by Crippen LogP contribution is -2.04. The summed E-state index contributed by atoms with van der Waals surface area (Å²) in [4.78, 5) is 15.3. The van der Waals surface area contributed by atoms with Crippen molar-refractivity contribution in [2.45, 2.75) is 0 Å². The highest BCUT2D eigenvalue weighted by atomic mass is 32.1. The Morgan fingerprint density at radius 3 is 1.73 bits per heavy atom. The second-order valence-corrected chi connectivity index (χ2v) is 15.6. The molecule has 0 bridgehead atoms. The van der Waals surface area contributed by atoms with E-state index < -0.39 is 48.3 Å². The monoisotopic (exact) mass is 790 g/mol. The summed E-state index contributed by atoms with van der Waals surface area (Å²) in [7, 11) is 0. The molecule has 0 aliphatic carbocycles. The maximum Gasteiger partial charge on any atom is 0.166 e. The standard InChI is InChI=1S/C55H34N4S/c1-3-14-35(15-4-1)40-30-32-45(49(34-40)59-47-24-11-9-20-43(47)44-21-10-12-25-48(44)59)55-57-53(38-17-5-2-6-18-38)56-54(58-55)39-28-26-37(27-29-39)42-22-13-23-46-51-41-19-8-7-16-36(41)31-33-50(51)60-52(42)46/h1-34H/i9D,10D,11D,12D,20D,21D,24D,25D. The number of rotatable bonds is 6. The van der Waals surface area contributed by atoms with Gasteiger partial charge < -0.3 is 4.57 Å². The number of hydrogen-bond donors (Lipinski definition) is 0. The molecule has 3 heterocycles. The maximum absolute atomic E-state index is 9.30. The number of hydrogen-bond acceptors (Lipinski definition) is 4. The van der Waals surface area contributed by atoms with Gasteiger partial charge in [0.05, 0.1) is 27.7 Å². The van der Waals surface area contributed by atoms with Gasteiger partial charge in [-0.1, -0.05) is 176 Å². The Morgan fingerprint density at radius 1 is 0.417 bits per heavy atom. The molecule has 0 unspecified atom stereocenters. The molecule has 12 aromatic rings. The fourth-order valence-corrected chi connectivity index (χ4v) is 9.57. The molecule has 5 heteroatoms. The van der Waals surface area contributed by atoms with Gasteiger partial charge in [0, 0.05) is 47.6 Å². The first-order chi connectivity index (χ1) is 33.1. The van der Waals surface area contributed by atoms with Crippen molar-refractivity contribution in [1.29, 1.82) is 0 Å². The summed E-state index contributed by atoms with van der Waals surface area (Å²) in [5.74, 6) is 1.02. The Hall–Kier alpha value is -7.73. The molecular formula is C55H34N4S. The molecule has 12 rings (SSSR count). The highest BCUT2D eigenvalue weighted by Crippen LogP contribution is 2.43. The lowest BCUT2D eigenvalue weighted by Gasteiger charge is -2.16. The number of thiophene rings is 1. The van der Waals surface area contributed by atoms with Gasteiger partial charge in [0.1, 0.15) is 0 Å². The summed E-state index contributed by atoms with van der Waals surface area (Å²) >= 11 is 1.79. The van der Waals surface area contributed by atoms with E-state index in [9.17, 15) is 2.74 Å². The normalized spacial score (nSPS) is 13.5. The zero-order valence-electron chi connectivity index (χ0n) is 39.7. The van der Waals surface area contributed by atoms with E-state index in [1.54, 1.807) is 11.3 Å². The van der Waals surface area contributed by atoms with E-state index in [0.29, 0.717) is 22.9 Å². The average molecular weight is 791 g/mol. The SMILES string of the molecule is [2H]c1c([2H])c([2H])c2c(c1[2H])c1c([2H])c([2H])c([2H])c([2H])c1n2-c1cc(-c2ccccc2)ccc1-c1nc(-c2ccccc2)nc(-c2ccc(-c3cccc4c3sc3ccc5ccccc5c34)cc2)n1. The molecule has 60 heavy (non-hydrogen) atoms. The zero-order valence-corrected chi connectivity index (χ0v) is 32.5. The van der Waals surface area contributed by atoms with Crippen LogP contribution in [-0.4, -0.2) is 19.5 Å². The predicted octanol–water partition coefficient (Wildman–Crippen LogP) is 14.8. The zero-order chi connectivity index (χ0) is 46.5. The molecule has 0 radical (unpaired) electrons. The molecule has 0 N–H and O–H groups in total. The Balaban J connectivity index is 1.10. The van der Waals surface area contributed by atoms with Crippen LogP contribution in [0.15, 0.2) is 206 Å². The largest absolute Gasteiger partial charge is 0.308 e. The molecule has 0 spiro atoms. The van der Waals surface area contributed by atoms with Gasteiger partial charge >= 0.3 is 0 Å². The summed E-state index contributed by atoms with van der Waals surface area (Å²) < 4.78 is 75.6. The van der Waals surface area contributed by atoms with Gasteiger partial charge in [-0.15, -0.1) is 11.3 Å². The van der Waals surface area contributed by atoms with Crippen LogP contribution >= 0.6 is 11.3 Å². The van der Waals surface area contributed by atoms with Gasteiger partial charge in [0.2, 0.25) is 0 Å². The van der Waals surface area contributed by atoms with Crippen LogP contribution in [0.2, 0.25) is 0 Å². The van der Waals surface area contributed by atoms with Gasteiger partial charge in [-0.25, -0.2) is 15.0 Å². The van der Waals surface area contributed by atoms with E-state index >= 15 is 0 Å². The topological polar surface area (TPSA) is 43.6 Å². The lowest BCUT2D eigenvalue weighted by atomic mass is 9.99. The van der Waals surface area contributed by atoms with E-state index in [1.807, 2.05) is 91.0 Å². The van der Waals surface area contributed by atoms with E-state index in [2.05, 4.69) is 66.7 Å². The first-order valence-electron chi connectivity index (χ1n) is 23.5. The van der Waals surface area contributed by atoms with E-state index in [0.717, 1.165) is 33.4 Å². The molecule has 0 amide bonds. The second kappa shape index (κ2) is 14.0. The molecular weight excluding hydrogens is 749 g/mol. The average Bonchev–Trinajstić information content (AvgIpc) is 3.96. The van der Waals surface area contributed by atoms with E-state index in [4.69, 9.17) is 23.2 Å². The van der Waals surface area contributed by atoms with Gasteiger partial charge in [0.25, 0.3) is 0 Å². The fraction of sp³-hybridized carbons (Fsp3) is 0. The molecule has 0 saturated carbocycles. The van der Waals surface area contributed by atoms with Crippen molar-refractivity contribution in [2.75, 3.05) is 0 Å². The van der Waals surface area contributed by atoms with Crippen molar-refractivity contribution in [1.82, 2.24) is 19.5 Å². The number of benzene rings is 9. The summed E-state index contributed by atoms with van der Waals surface area (Å²) in [6, 6.07) is 48.7. The highest BCUT2D eigenvalue weighted by molar-refractivity contribution is 7.26. The minimum Gasteiger partial charge on any atom is -0.308 e. The van der Waals surface area contributed by atoms with Crippen LogP contribution in [0.3, 0.4) is 0 Å². The molecule has 0 atom stereocenters. The quantitative estimate of drug-likeness (QED) is 0.168. The van der Waals surface area contributed by atoms with Crippen molar-refractivity contribution in [3.63, 3.8) is 0 Å². The van der Waals surface area contributed by atoms with Crippen molar-refractivity contribution in [3.05, 3.63) is 206 Å². The van der Waals surface area contributed by atoms with Gasteiger partial charge in [0.15, 0.2) is 17.5 Å². The molecule has 0 fully saturated rings. The molecule has 0 aliphatic heterocycles.